The van der Waals surface area contributed by atoms with Crippen LogP contribution in [0.2, 0.25) is 0 Å². The van der Waals surface area contributed by atoms with Crippen molar-refractivity contribution in [3.8, 4) is 11.5 Å². The van der Waals surface area contributed by atoms with Crippen LogP contribution in [-0.2, 0) is 0 Å². The Labute approximate surface area is 127 Å². The molecule has 2 N–H and O–H groups in total. The third-order valence-corrected chi connectivity index (χ3v) is 3.79. The maximum atomic E-state index is 12.3. The zero-order valence-electron chi connectivity index (χ0n) is 12.1. The molecule has 0 saturated heterocycles. The Balaban J connectivity index is 3.05. The molecule has 0 heterocycles. The van der Waals surface area contributed by atoms with Crippen molar-refractivity contribution in [1.82, 2.24) is 5.32 Å². The highest BCUT2D eigenvalue weighted by Crippen LogP contribution is 2.33. The van der Waals surface area contributed by atoms with E-state index >= 15 is 0 Å². The van der Waals surface area contributed by atoms with Gasteiger partial charge in [0.2, 0.25) is 0 Å². The molecule has 1 amide bonds. The van der Waals surface area contributed by atoms with Crippen molar-refractivity contribution < 1.29 is 19.4 Å². The highest BCUT2D eigenvalue weighted by atomic mass is 79.9. The summed E-state index contributed by atoms with van der Waals surface area (Å²) in [5.41, 5.74) is 0.385. The first-order valence-electron chi connectivity index (χ1n) is 6.27. The number of carbonyl (C=O) groups is 1. The molecule has 0 aliphatic rings. The van der Waals surface area contributed by atoms with Crippen LogP contribution in [0.25, 0.3) is 0 Å². The molecule has 0 aromatic heterocycles. The Morgan fingerprint density at radius 1 is 1.35 bits per heavy atom. The number of nitrogens with one attached hydrogen (secondary N) is 1. The number of carbonyl (C=O) groups excluding carboxylic acids is 1. The van der Waals surface area contributed by atoms with Gasteiger partial charge in [0.25, 0.3) is 5.91 Å². The molecule has 0 aliphatic heterocycles. The second kappa shape index (κ2) is 7.50. The van der Waals surface area contributed by atoms with E-state index in [4.69, 9.17) is 14.6 Å². The number of rotatable bonds is 6. The van der Waals surface area contributed by atoms with Gasteiger partial charge in [-0.3, -0.25) is 4.79 Å². The van der Waals surface area contributed by atoms with Gasteiger partial charge in [-0.25, -0.2) is 0 Å². The van der Waals surface area contributed by atoms with E-state index in [-0.39, 0.29) is 24.5 Å². The molecule has 0 spiro atoms. The van der Waals surface area contributed by atoms with E-state index in [0.29, 0.717) is 21.5 Å². The van der Waals surface area contributed by atoms with Crippen LogP contribution >= 0.6 is 15.9 Å². The fourth-order valence-corrected chi connectivity index (χ4v) is 2.25. The zero-order chi connectivity index (χ0) is 15.3. The summed E-state index contributed by atoms with van der Waals surface area (Å²) in [7, 11) is 3.04. The molecular weight excluding hydrogens is 326 g/mol. The van der Waals surface area contributed by atoms with E-state index in [1.165, 1.54) is 14.2 Å². The lowest BCUT2D eigenvalue weighted by Gasteiger charge is -2.20. The predicted octanol–water partition coefficient (Wildman–Crippen LogP) is 2.21. The minimum Gasteiger partial charge on any atom is -0.497 e. The van der Waals surface area contributed by atoms with E-state index in [0.717, 1.165) is 0 Å². The molecule has 0 bridgehead atoms. The Hall–Kier alpha value is -1.27. The van der Waals surface area contributed by atoms with E-state index in [2.05, 4.69) is 21.2 Å². The quantitative estimate of drug-likeness (QED) is 0.829. The lowest BCUT2D eigenvalue weighted by atomic mass is 10.0. The molecule has 5 nitrogen and oxygen atoms in total. The predicted molar refractivity (Wildman–Crippen MR) is 80.4 cm³/mol. The van der Waals surface area contributed by atoms with Crippen LogP contribution < -0.4 is 14.8 Å². The Morgan fingerprint density at radius 2 is 2.00 bits per heavy atom. The SMILES string of the molecule is COc1cc(Br)c(OC)c(C(=O)NC(C)C(C)CO)c1. The highest BCUT2D eigenvalue weighted by Gasteiger charge is 2.20. The van der Waals surface area contributed by atoms with Crippen LogP contribution in [-0.4, -0.2) is 37.9 Å². The molecule has 2 atom stereocenters. The number of hydrogen-bond acceptors (Lipinski definition) is 4. The van der Waals surface area contributed by atoms with Gasteiger partial charge in [0, 0.05) is 12.6 Å². The van der Waals surface area contributed by atoms with Gasteiger partial charge >= 0.3 is 0 Å². The molecule has 0 radical (unpaired) electrons. The average Bonchev–Trinajstić information content (AvgIpc) is 2.44. The summed E-state index contributed by atoms with van der Waals surface area (Å²) in [6.07, 6.45) is 0. The van der Waals surface area contributed by atoms with Crippen molar-refractivity contribution in [2.75, 3.05) is 20.8 Å². The maximum absolute atomic E-state index is 12.3. The maximum Gasteiger partial charge on any atom is 0.255 e. The van der Waals surface area contributed by atoms with Crippen molar-refractivity contribution in [3.05, 3.63) is 22.2 Å². The van der Waals surface area contributed by atoms with Crippen LogP contribution in [0.15, 0.2) is 16.6 Å². The Morgan fingerprint density at radius 3 is 2.50 bits per heavy atom. The van der Waals surface area contributed by atoms with Gasteiger partial charge in [-0.05, 0) is 40.9 Å². The van der Waals surface area contributed by atoms with Gasteiger partial charge in [-0.15, -0.1) is 0 Å². The van der Waals surface area contributed by atoms with Crippen molar-refractivity contribution in [1.29, 1.82) is 0 Å². The van der Waals surface area contributed by atoms with Crippen LogP contribution in [0.3, 0.4) is 0 Å². The molecule has 1 aromatic rings. The number of amides is 1. The van der Waals surface area contributed by atoms with Gasteiger partial charge < -0.3 is 19.9 Å². The van der Waals surface area contributed by atoms with Crippen LogP contribution in [0.5, 0.6) is 11.5 Å². The molecule has 0 fully saturated rings. The zero-order valence-corrected chi connectivity index (χ0v) is 13.7. The normalized spacial score (nSPS) is 13.5. The van der Waals surface area contributed by atoms with Gasteiger partial charge in [-0.2, -0.15) is 0 Å². The molecule has 20 heavy (non-hydrogen) atoms. The number of halogens is 1. The Kier molecular flexibility index (Phi) is 6.29. The van der Waals surface area contributed by atoms with Gasteiger partial charge in [-0.1, -0.05) is 6.92 Å². The third-order valence-electron chi connectivity index (χ3n) is 3.20. The fourth-order valence-electron chi connectivity index (χ4n) is 1.65. The standard InChI is InChI=1S/C14H20BrNO4/c1-8(7-17)9(2)16-14(18)11-5-10(19-3)6-12(15)13(11)20-4/h5-6,8-9,17H,7H2,1-4H3,(H,16,18). The summed E-state index contributed by atoms with van der Waals surface area (Å²) in [5.74, 6) is 0.714. The lowest BCUT2D eigenvalue weighted by Crippen LogP contribution is -2.38. The molecule has 0 saturated carbocycles. The minimum atomic E-state index is -0.269. The number of hydrogen-bond donors (Lipinski definition) is 2. The summed E-state index contributed by atoms with van der Waals surface area (Å²) >= 11 is 3.35. The van der Waals surface area contributed by atoms with Crippen LogP contribution in [0.4, 0.5) is 0 Å². The summed E-state index contributed by atoms with van der Waals surface area (Å²) in [6.45, 7) is 3.73. The van der Waals surface area contributed by atoms with E-state index in [1.807, 2.05) is 13.8 Å². The van der Waals surface area contributed by atoms with Crippen LogP contribution in [0.1, 0.15) is 24.2 Å². The molecular formula is C14H20BrNO4. The largest absolute Gasteiger partial charge is 0.497 e. The first kappa shape index (κ1) is 16.8. The highest BCUT2D eigenvalue weighted by molar-refractivity contribution is 9.10. The van der Waals surface area contributed by atoms with Gasteiger partial charge in [0.05, 0.1) is 24.3 Å². The third kappa shape index (κ3) is 3.86. The summed E-state index contributed by atoms with van der Waals surface area (Å²) in [5, 5.41) is 12.0. The van der Waals surface area contributed by atoms with Crippen molar-refractivity contribution in [2.24, 2.45) is 5.92 Å². The van der Waals surface area contributed by atoms with Gasteiger partial charge in [0.1, 0.15) is 11.5 Å². The molecule has 1 rings (SSSR count). The van der Waals surface area contributed by atoms with E-state index in [1.54, 1.807) is 12.1 Å². The van der Waals surface area contributed by atoms with Crippen molar-refractivity contribution in [3.63, 3.8) is 0 Å². The molecule has 6 heteroatoms. The topological polar surface area (TPSA) is 67.8 Å². The number of aliphatic hydroxyl groups excluding tert-OH is 1. The Bertz CT molecular complexity index is 478. The number of ether oxygens (including phenoxy) is 2. The van der Waals surface area contributed by atoms with E-state index < -0.39 is 0 Å². The summed E-state index contributed by atoms with van der Waals surface area (Å²) in [6, 6.07) is 3.20. The monoisotopic (exact) mass is 345 g/mol. The smallest absolute Gasteiger partial charge is 0.255 e. The molecule has 1 aromatic carbocycles. The average molecular weight is 346 g/mol. The van der Waals surface area contributed by atoms with E-state index in [9.17, 15) is 4.79 Å². The minimum absolute atomic E-state index is 0.0143. The van der Waals surface area contributed by atoms with Crippen molar-refractivity contribution in [2.45, 2.75) is 19.9 Å². The summed E-state index contributed by atoms with van der Waals surface area (Å²) in [4.78, 5) is 12.3. The number of benzene rings is 1. The second-order valence-electron chi connectivity index (χ2n) is 4.61. The molecule has 0 aliphatic carbocycles. The summed E-state index contributed by atoms with van der Waals surface area (Å²) < 4.78 is 11.1. The first-order valence-corrected chi connectivity index (χ1v) is 7.07. The van der Waals surface area contributed by atoms with Crippen molar-refractivity contribution >= 4 is 21.8 Å². The number of aliphatic hydroxyl groups is 1. The molecule has 2 unspecified atom stereocenters. The number of methoxy groups -OCH3 is 2. The fraction of sp³-hybridized carbons (Fsp3) is 0.500. The molecule has 112 valence electrons. The lowest BCUT2D eigenvalue weighted by molar-refractivity contribution is 0.0912. The first-order chi connectivity index (χ1) is 9.44. The second-order valence-corrected chi connectivity index (χ2v) is 5.47. The van der Waals surface area contributed by atoms with Crippen LogP contribution in [0, 0.1) is 5.92 Å². The van der Waals surface area contributed by atoms with Gasteiger partial charge in [0.15, 0.2) is 0 Å².